The molecule has 0 spiro atoms. The fourth-order valence-corrected chi connectivity index (χ4v) is 2.37. The second kappa shape index (κ2) is 9.53. The third-order valence-electron chi connectivity index (χ3n) is 3.79. The summed E-state index contributed by atoms with van der Waals surface area (Å²) in [5, 5.41) is 2.63. The molecule has 2 rings (SSSR count). The van der Waals surface area contributed by atoms with E-state index < -0.39 is 12.0 Å². The van der Waals surface area contributed by atoms with E-state index >= 15 is 0 Å². The number of nitrogen functional groups attached to an aromatic ring is 1. The number of esters is 1. The summed E-state index contributed by atoms with van der Waals surface area (Å²) < 4.78 is 4.80. The second-order valence-electron chi connectivity index (χ2n) is 5.82. The number of pyridine rings is 1. The molecule has 0 aliphatic rings. The quantitative estimate of drug-likeness (QED) is 0.609. The van der Waals surface area contributed by atoms with E-state index in [9.17, 15) is 9.59 Å². The summed E-state index contributed by atoms with van der Waals surface area (Å²) in [5.74, 6) is -0.303. The summed E-state index contributed by atoms with van der Waals surface area (Å²) in [5.41, 5.74) is 13.9. The monoisotopic (exact) mass is 356 g/mol. The molecule has 138 valence electrons. The Morgan fingerprint density at radius 2 is 1.88 bits per heavy atom. The highest BCUT2D eigenvalue weighted by molar-refractivity contribution is 5.94. The van der Waals surface area contributed by atoms with Crippen LogP contribution in [0.2, 0.25) is 0 Å². The number of hydrogen-bond acceptors (Lipinski definition) is 6. The Kier molecular flexibility index (Phi) is 7.11. The van der Waals surface area contributed by atoms with Gasteiger partial charge >= 0.3 is 5.97 Å². The minimum Gasteiger partial charge on any atom is -0.465 e. The van der Waals surface area contributed by atoms with Gasteiger partial charge in [0.2, 0.25) is 0 Å². The number of hydrogen-bond donors (Lipinski definition) is 3. The molecule has 7 nitrogen and oxygen atoms in total. The number of aryl methyl sites for hydroxylation is 2. The number of anilines is 1. The summed E-state index contributed by atoms with van der Waals surface area (Å²) in [6, 6.07) is 12.0. The predicted molar refractivity (Wildman–Crippen MR) is 99.4 cm³/mol. The molecule has 0 aliphatic heterocycles. The van der Waals surface area contributed by atoms with Crippen LogP contribution >= 0.6 is 0 Å². The van der Waals surface area contributed by atoms with E-state index in [2.05, 4.69) is 10.3 Å². The van der Waals surface area contributed by atoms with Gasteiger partial charge in [-0.25, -0.2) is 4.98 Å². The van der Waals surface area contributed by atoms with Gasteiger partial charge in [0, 0.05) is 17.8 Å². The molecule has 0 bridgehead atoms. The van der Waals surface area contributed by atoms with E-state index in [0.29, 0.717) is 11.4 Å². The van der Waals surface area contributed by atoms with Crippen molar-refractivity contribution in [1.29, 1.82) is 0 Å². The average Bonchev–Trinajstić information content (AvgIpc) is 2.65. The van der Waals surface area contributed by atoms with E-state index in [1.165, 1.54) is 0 Å². The molecular weight excluding hydrogens is 332 g/mol. The van der Waals surface area contributed by atoms with Gasteiger partial charge in [-0.15, -0.1) is 0 Å². The number of nitrogens with zero attached hydrogens (tertiary/aromatic N) is 1. The fraction of sp³-hybridized carbons (Fsp3) is 0.316. The van der Waals surface area contributed by atoms with Crippen molar-refractivity contribution in [3.63, 3.8) is 0 Å². The zero-order valence-electron chi connectivity index (χ0n) is 14.8. The predicted octanol–water partition coefficient (Wildman–Crippen LogP) is 1.07. The van der Waals surface area contributed by atoms with Crippen LogP contribution < -0.4 is 16.8 Å². The minimum atomic E-state index is -0.871. The normalized spacial score (nSPS) is 11.6. The van der Waals surface area contributed by atoms with Crippen LogP contribution in [0, 0.1) is 0 Å². The molecule has 5 N–H and O–H groups in total. The zero-order chi connectivity index (χ0) is 18.9. The number of carbonyl (C=O) groups is 2. The molecule has 0 fully saturated rings. The topological polar surface area (TPSA) is 120 Å². The molecule has 0 radical (unpaired) electrons. The highest BCUT2D eigenvalue weighted by Gasteiger charge is 2.16. The van der Waals surface area contributed by atoms with Gasteiger partial charge in [0.05, 0.1) is 6.61 Å². The van der Waals surface area contributed by atoms with Gasteiger partial charge in [-0.05, 0) is 49.6 Å². The molecule has 1 aromatic heterocycles. The van der Waals surface area contributed by atoms with Gasteiger partial charge in [0.15, 0.2) is 0 Å². The maximum Gasteiger partial charge on any atom is 0.324 e. The number of nitrogens with two attached hydrogens (primary N) is 2. The Morgan fingerprint density at radius 3 is 2.54 bits per heavy atom. The van der Waals surface area contributed by atoms with Crippen molar-refractivity contribution in [3.05, 3.63) is 59.3 Å². The largest absolute Gasteiger partial charge is 0.465 e. The van der Waals surface area contributed by atoms with Crippen molar-refractivity contribution < 1.29 is 14.3 Å². The Hall–Kier alpha value is -2.93. The van der Waals surface area contributed by atoms with Crippen LogP contribution in [0.3, 0.4) is 0 Å². The van der Waals surface area contributed by atoms with E-state index in [4.69, 9.17) is 16.2 Å². The first-order valence-corrected chi connectivity index (χ1v) is 8.50. The fourth-order valence-electron chi connectivity index (χ4n) is 2.37. The highest BCUT2D eigenvalue weighted by atomic mass is 16.5. The Labute approximate surface area is 152 Å². The average molecular weight is 356 g/mol. The smallest absolute Gasteiger partial charge is 0.324 e. The van der Waals surface area contributed by atoms with Gasteiger partial charge in [0.25, 0.3) is 5.91 Å². The Bertz CT molecular complexity index is 747. The molecule has 1 heterocycles. The summed E-state index contributed by atoms with van der Waals surface area (Å²) in [7, 11) is 0. The van der Waals surface area contributed by atoms with Crippen LogP contribution in [0.5, 0.6) is 0 Å². The zero-order valence-corrected chi connectivity index (χ0v) is 14.8. The van der Waals surface area contributed by atoms with Crippen molar-refractivity contribution in [1.82, 2.24) is 10.3 Å². The van der Waals surface area contributed by atoms with E-state index in [1.54, 1.807) is 25.1 Å². The number of amides is 1. The summed E-state index contributed by atoms with van der Waals surface area (Å²) in [6.45, 7) is 1.99. The number of aromatic nitrogens is 1. The molecule has 26 heavy (non-hydrogen) atoms. The molecule has 0 aliphatic carbocycles. The molecule has 0 saturated heterocycles. The van der Waals surface area contributed by atoms with Gasteiger partial charge in [-0.3, -0.25) is 9.59 Å². The maximum absolute atomic E-state index is 12.1. The molecule has 0 unspecified atom stereocenters. The van der Waals surface area contributed by atoms with Crippen LogP contribution in [0.4, 0.5) is 5.82 Å². The van der Waals surface area contributed by atoms with Gasteiger partial charge in [-0.2, -0.15) is 0 Å². The SMILES string of the molecule is CCOC(=O)[C@@H](N)CNC(=O)c1ccc(CCc2cccc(N)n2)cc1. The lowest BCUT2D eigenvalue weighted by molar-refractivity contribution is -0.144. The lowest BCUT2D eigenvalue weighted by Crippen LogP contribution is -2.43. The standard InChI is InChI=1S/C19H24N4O3/c1-2-26-19(25)16(20)12-22-18(24)14-9-6-13(7-10-14)8-11-15-4-3-5-17(21)23-15/h3-7,9-10,16H,2,8,11-12,20H2,1H3,(H2,21,23)(H,22,24)/t16-/m0/s1. The first-order valence-electron chi connectivity index (χ1n) is 8.50. The summed E-state index contributed by atoms with van der Waals surface area (Å²) >= 11 is 0. The van der Waals surface area contributed by atoms with Crippen LogP contribution in [-0.4, -0.2) is 36.1 Å². The van der Waals surface area contributed by atoms with Crippen molar-refractivity contribution >= 4 is 17.7 Å². The van der Waals surface area contributed by atoms with Gasteiger partial charge < -0.3 is 21.5 Å². The van der Waals surface area contributed by atoms with Crippen LogP contribution in [0.25, 0.3) is 0 Å². The molecule has 7 heteroatoms. The number of carbonyl (C=O) groups excluding carboxylic acids is 2. The van der Waals surface area contributed by atoms with Crippen molar-refractivity contribution in [2.24, 2.45) is 5.73 Å². The first-order chi connectivity index (χ1) is 12.5. The summed E-state index contributed by atoms with van der Waals surface area (Å²) in [4.78, 5) is 27.8. The Balaban J connectivity index is 1.84. The van der Waals surface area contributed by atoms with Crippen LogP contribution in [0.15, 0.2) is 42.5 Å². The van der Waals surface area contributed by atoms with Gasteiger partial charge in [-0.1, -0.05) is 18.2 Å². The molecule has 1 aromatic carbocycles. The molecule has 0 saturated carbocycles. The molecule has 1 amide bonds. The van der Waals surface area contributed by atoms with Crippen LogP contribution in [-0.2, 0) is 22.4 Å². The van der Waals surface area contributed by atoms with Crippen molar-refractivity contribution in [3.8, 4) is 0 Å². The first kappa shape index (κ1) is 19.4. The van der Waals surface area contributed by atoms with Gasteiger partial charge in [0.1, 0.15) is 11.9 Å². The lowest BCUT2D eigenvalue weighted by Gasteiger charge is -2.12. The third-order valence-corrected chi connectivity index (χ3v) is 3.79. The summed E-state index contributed by atoms with van der Waals surface area (Å²) in [6.07, 6.45) is 1.57. The van der Waals surface area contributed by atoms with Crippen molar-refractivity contribution in [2.75, 3.05) is 18.9 Å². The third kappa shape index (κ3) is 5.86. The second-order valence-corrected chi connectivity index (χ2v) is 5.82. The van der Waals surface area contributed by atoms with E-state index in [-0.39, 0.29) is 19.1 Å². The minimum absolute atomic E-state index is 0.0283. The number of benzene rings is 1. The number of nitrogens with one attached hydrogen (secondary N) is 1. The van der Waals surface area contributed by atoms with Crippen LogP contribution in [0.1, 0.15) is 28.5 Å². The Morgan fingerprint density at radius 1 is 1.15 bits per heavy atom. The number of ether oxygens (including phenoxy) is 1. The number of rotatable bonds is 8. The molecular formula is C19H24N4O3. The molecule has 1 atom stereocenters. The maximum atomic E-state index is 12.1. The van der Waals surface area contributed by atoms with Crippen molar-refractivity contribution in [2.45, 2.75) is 25.8 Å². The highest BCUT2D eigenvalue weighted by Crippen LogP contribution is 2.09. The molecule has 2 aromatic rings. The lowest BCUT2D eigenvalue weighted by atomic mass is 10.1. The van der Waals surface area contributed by atoms with E-state index in [0.717, 1.165) is 24.1 Å². The van der Waals surface area contributed by atoms with E-state index in [1.807, 2.05) is 24.3 Å².